The van der Waals surface area contributed by atoms with E-state index < -0.39 is 29.6 Å². The standard InChI is InChI=1S/C28H32N2O5/c1-3-15-28(2,26(33)29-19-10-8-9-18(16-19)25(31)32)30-27(34)35-17-24-22-13-6-4-11-20(22)21-12-5-7-14-23(21)24/h4-8,10-14,18-19,24H,3,9,15-17H2,1-2H3,(H,29,33)(H,30,34)(H,31,32). The van der Waals surface area contributed by atoms with Crippen LogP contribution >= 0.6 is 0 Å². The molecule has 3 unspecified atom stereocenters. The third-order valence-electron chi connectivity index (χ3n) is 6.97. The number of carbonyl (C=O) groups excluding carboxylic acids is 2. The Balaban J connectivity index is 1.41. The van der Waals surface area contributed by atoms with Crippen LogP contribution in [-0.2, 0) is 14.3 Å². The summed E-state index contributed by atoms with van der Waals surface area (Å²) in [5, 5.41) is 15.0. The molecule has 4 rings (SSSR count). The van der Waals surface area contributed by atoms with Gasteiger partial charge in [-0.05, 0) is 48.4 Å². The van der Waals surface area contributed by atoms with Gasteiger partial charge >= 0.3 is 12.1 Å². The summed E-state index contributed by atoms with van der Waals surface area (Å²) in [6.45, 7) is 3.77. The Morgan fingerprint density at radius 1 is 1.06 bits per heavy atom. The predicted octanol–water partition coefficient (Wildman–Crippen LogP) is 4.62. The van der Waals surface area contributed by atoms with Gasteiger partial charge < -0.3 is 20.5 Å². The molecule has 2 aromatic carbocycles. The Morgan fingerprint density at radius 3 is 2.29 bits per heavy atom. The maximum atomic E-state index is 13.2. The summed E-state index contributed by atoms with van der Waals surface area (Å²) < 4.78 is 5.65. The summed E-state index contributed by atoms with van der Waals surface area (Å²) in [6, 6.07) is 15.8. The van der Waals surface area contributed by atoms with Crippen molar-refractivity contribution in [3.8, 4) is 11.1 Å². The molecule has 0 saturated carbocycles. The number of carbonyl (C=O) groups is 3. The van der Waals surface area contributed by atoms with Gasteiger partial charge in [0.25, 0.3) is 0 Å². The van der Waals surface area contributed by atoms with Crippen molar-refractivity contribution in [3.05, 3.63) is 71.8 Å². The van der Waals surface area contributed by atoms with Gasteiger partial charge in [0.1, 0.15) is 12.1 Å². The summed E-state index contributed by atoms with van der Waals surface area (Å²) >= 11 is 0. The van der Waals surface area contributed by atoms with E-state index in [1.165, 1.54) is 0 Å². The molecule has 0 fully saturated rings. The molecule has 2 aromatic rings. The first-order chi connectivity index (χ1) is 16.8. The Bertz CT molecular complexity index is 1100. The largest absolute Gasteiger partial charge is 0.481 e. The van der Waals surface area contributed by atoms with Crippen LogP contribution in [0.25, 0.3) is 11.1 Å². The lowest BCUT2D eigenvalue weighted by molar-refractivity contribution is -0.142. The summed E-state index contributed by atoms with van der Waals surface area (Å²) in [6.07, 6.45) is 4.81. The zero-order valence-electron chi connectivity index (χ0n) is 20.1. The minimum Gasteiger partial charge on any atom is -0.481 e. The number of alkyl carbamates (subject to hydrolysis) is 1. The van der Waals surface area contributed by atoms with E-state index in [1.807, 2.05) is 37.3 Å². The number of carboxylic acids is 1. The van der Waals surface area contributed by atoms with Crippen LogP contribution in [0, 0.1) is 5.92 Å². The lowest BCUT2D eigenvalue weighted by atomic mass is 9.89. The Labute approximate surface area is 205 Å². The quantitative estimate of drug-likeness (QED) is 0.482. The first-order valence-electron chi connectivity index (χ1n) is 12.2. The third-order valence-corrected chi connectivity index (χ3v) is 6.97. The number of hydrogen-bond acceptors (Lipinski definition) is 4. The lowest BCUT2D eigenvalue weighted by Gasteiger charge is -2.32. The van der Waals surface area contributed by atoms with Crippen molar-refractivity contribution in [2.45, 2.75) is 57.0 Å². The summed E-state index contributed by atoms with van der Waals surface area (Å²) in [5.41, 5.74) is 3.35. The van der Waals surface area contributed by atoms with Gasteiger partial charge in [-0.25, -0.2) is 4.79 Å². The number of rotatable bonds is 8. The molecule has 2 amide bonds. The molecule has 184 valence electrons. The van der Waals surface area contributed by atoms with Gasteiger partial charge in [0, 0.05) is 12.0 Å². The van der Waals surface area contributed by atoms with E-state index in [-0.39, 0.29) is 18.4 Å². The van der Waals surface area contributed by atoms with Crippen LogP contribution in [0.4, 0.5) is 4.79 Å². The van der Waals surface area contributed by atoms with Crippen LogP contribution in [-0.4, -0.2) is 41.3 Å². The van der Waals surface area contributed by atoms with Crippen LogP contribution in [0.3, 0.4) is 0 Å². The minimum atomic E-state index is -1.18. The van der Waals surface area contributed by atoms with Crippen molar-refractivity contribution >= 4 is 18.0 Å². The normalized spacial score (nSPS) is 20.3. The van der Waals surface area contributed by atoms with Gasteiger partial charge in [-0.2, -0.15) is 0 Å². The number of allylic oxidation sites excluding steroid dienone is 1. The van der Waals surface area contributed by atoms with Gasteiger partial charge in [-0.15, -0.1) is 0 Å². The number of ether oxygens (including phenoxy) is 1. The predicted molar refractivity (Wildman–Crippen MR) is 133 cm³/mol. The molecular formula is C28H32N2O5. The second kappa shape index (κ2) is 10.3. The van der Waals surface area contributed by atoms with E-state index in [2.05, 4.69) is 34.9 Å². The van der Waals surface area contributed by atoms with E-state index in [0.29, 0.717) is 25.7 Å². The van der Waals surface area contributed by atoms with Crippen molar-refractivity contribution < 1.29 is 24.2 Å². The van der Waals surface area contributed by atoms with Crippen molar-refractivity contribution in [1.82, 2.24) is 10.6 Å². The zero-order chi connectivity index (χ0) is 25.0. The summed E-state index contributed by atoms with van der Waals surface area (Å²) in [7, 11) is 0. The van der Waals surface area contributed by atoms with Gasteiger partial charge in [0.05, 0.1) is 5.92 Å². The van der Waals surface area contributed by atoms with Crippen molar-refractivity contribution in [1.29, 1.82) is 0 Å². The first-order valence-corrected chi connectivity index (χ1v) is 12.2. The van der Waals surface area contributed by atoms with E-state index in [9.17, 15) is 19.5 Å². The average molecular weight is 477 g/mol. The van der Waals surface area contributed by atoms with Gasteiger partial charge in [-0.1, -0.05) is 74.0 Å². The Kier molecular flexibility index (Phi) is 7.24. The van der Waals surface area contributed by atoms with E-state index in [0.717, 1.165) is 22.3 Å². The molecule has 35 heavy (non-hydrogen) atoms. The number of amides is 2. The van der Waals surface area contributed by atoms with E-state index in [4.69, 9.17) is 4.74 Å². The molecule has 2 aliphatic rings. The molecule has 0 aromatic heterocycles. The monoisotopic (exact) mass is 476 g/mol. The Hall–Kier alpha value is -3.61. The molecular weight excluding hydrogens is 444 g/mol. The highest BCUT2D eigenvalue weighted by molar-refractivity contribution is 5.90. The lowest BCUT2D eigenvalue weighted by Crippen LogP contribution is -2.58. The maximum Gasteiger partial charge on any atom is 0.408 e. The molecule has 3 N–H and O–H groups in total. The smallest absolute Gasteiger partial charge is 0.408 e. The van der Waals surface area contributed by atoms with Gasteiger partial charge in [-0.3, -0.25) is 9.59 Å². The fourth-order valence-electron chi connectivity index (χ4n) is 5.12. The van der Waals surface area contributed by atoms with Gasteiger partial charge in [0.15, 0.2) is 0 Å². The molecule has 0 heterocycles. The van der Waals surface area contributed by atoms with Crippen molar-refractivity contribution in [3.63, 3.8) is 0 Å². The summed E-state index contributed by atoms with van der Waals surface area (Å²) in [4.78, 5) is 37.4. The molecule has 0 spiro atoms. The summed E-state index contributed by atoms with van der Waals surface area (Å²) in [5.74, 6) is -1.83. The highest BCUT2D eigenvalue weighted by atomic mass is 16.5. The van der Waals surface area contributed by atoms with Crippen LogP contribution in [0.1, 0.15) is 56.6 Å². The fraction of sp³-hybridized carbons (Fsp3) is 0.393. The molecule has 2 aliphatic carbocycles. The molecule has 0 bridgehead atoms. The molecule has 0 aliphatic heterocycles. The minimum absolute atomic E-state index is 0.0697. The number of benzene rings is 2. The van der Waals surface area contributed by atoms with Crippen LogP contribution in [0.15, 0.2) is 60.7 Å². The van der Waals surface area contributed by atoms with Crippen molar-refractivity contribution in [2.24, 2.45) is 5.92 Å². The third kappa shape index (κ3) is 5.24. The molecule has 0 saturated heterocycles. The number of aliphatic carboxylic acids is 1. The number of fused-ring (bicyclic) bond motifs is 3. The number of nitrogens with one attached hydrogen (secondary N) is 2. The van der Waals surface area contributed by atoms with Crippen LogP contribution in [0.5, 0.6) is 0 Å². The van der Waals surface area contributed by atoms with E-state index in [1.54, 1.807) is 13.0 Å². The highest BCUT2D eigenvalue weighted by Gasteiger charge is 2.37. The molecule has 7 heteroatoms. The number of carboxylic acid groups (broad SMARTS) is 1. The van der Waals surface area contributed by atoms with Crippen molar-refractivity contribution in [2.75, 3.05) is 6.61 Å². The zero-order valence-corrected chi connectivity index (χ0v) is 20.1. The van der Waals surface area contributed by atoms with Crippen LogP contribution in [0.2, 0.25) is 0 Å². The first kappa shape index (κ1) is 24.5. The maximum absolute atomic E-state index is 13.2. The second-order valence-corrected chi connectivity index (χ2v) is 9.55. The highest BCUT2D eigenvalue weighted by Crippen LogP contribution is 2.44. The Morgan fingerprint density at radius 2 is 1.69 bits per heavy atom. The second-order valence-electron chi connectivity index (χ2n) is 9.55. The average Bonchev–Trinajstić information content (AvgIpc) is 3.16. The van der Waals surface area contributed by atoms with Gasteiger partial charge in [0.2, 0.25) is 5.91 Å². The molecule has 3 atom stereocenters. The fourth-order valence-corrected chi connectivity index (χ4v) is 5.12. The molecule has 7 nitrogen and oxygen atoms in total. The number of hydrogen-bond donors (Lipinski definition) is 3. The van der Waals surface area contributed by atoms with Crippen LogP contribution < -0.4 is 10.6 Å². The SMILES string of the molecule is CCCC(C)(NC(=O)OCC1c2ccccc2-c2ccccc21)C(=O)NC1C=CCC(C(=O)O)C1. The topological polar surface area (TPSA) is 105 Å². The van der Waals surface area contributed by atoms with E-state index >= 15 is 0 Å². The molecule has 0 radical (unpaired) electrons.